The number of anilines is 1. The van der Waals surface area contributed by atoms with Crippen LogP contribution in [-0.4, -0.2) is 62.3 Å². The van der Waals surface area contributed by atoms with Gasteiger partial charge in [0.15, 0.2) is 0 Å². The van der Waals surface area contributed by atoms with E-state index in [-0.39, 0.29) is 48.0 Å². The monoisotopic (exact) mass is 386 g/mol. The summed E-state index contributed by atoms with van der Waals surface area (Å²) < 4.78 is 15.0. The van der Waals surface area contributed by atoms with Crippen molar-refractivity contribution in [3.8, 4) is 0 Å². The van der Waals surface area contributed by atoms with Crippen LogP contribution in [0.5, 0.6) is 0 Å². The number of esters is 2. The normalized spacial score (nSPS) is 19.1. The van der Waals surface area contributed by atoms with Gasteiger partial charge in [-0.1, -0.05) is 0 Å². The summed E-state index contributed by atoms with van der Waals surface area (Å²) in [5.41, 5.74) is 1.03. The number of rotatable bonds is 4. The second kappa shape index (κ2) is 6.75. The van der Waals surface area contributed by atoms with Gasteiger partial charge in [0.2, 0.25) is 0 Å². The highest BCUT2D eigenvalue weighted by Crippen LogP contribution is 2.37. The first kappa shape index (κ1) is 18.2. The van der Waals surface area contributed by atoms with Crippen LogP contribution in [0.2, 0.25) is 0 Å². The van der Waals surface area contributed by atoms with Gasteiger partial charge in [0.25, 0.3) is 11.8 Å². The van der Waals surface area contributed by atoms with Crippen LogP contribution in [-0.2, 0) is 23.8 Å². The molecule has 2 heterocycles. The summed E-state index contributed by atoms with van der Waals surface area (Å²) in [5, 5.41) is 0. The molecule has 0 aromatic heterocycles. The molecule has 1 aliphatic carbocycles. The molecule has 2 aliphatic heterocycles. The molecule has 1 aromatic carbocycles. The number of benzene rings is 1. The Morgan fingerprint density at radius 3 is 2.36 bits per heavy atom. The van der Waals surface area contributed by atoms with Gasteiger partial charge in [-0.25, -0.2) is 9.59 Å². The van der Waals surface area contributed by atoms with Crippen molar-refractivity contribution in [1.82, 2.24) is 4.90 Å². The molecule has 1 fully saturated rings. The largest absolute Gasteiger partial charge is 0.466 e. The minimum atomic E-state index is -0.730. The number of carbonyl (C=O) groups is 4. The number of hydrogen-bond donors (Lipinski definition) is 0. The summed E-state index contributed by atoms with van der Waals surface area (Å²) in [6.45, 7) is -0.135. The lowest BCUT2D eigenvalue weighted by Crippen LogP contribution is -2.38. The average molecular weight is 386 g/mol. The van der Waals surface area contributed by atoms with E-state index in [1.807, 2.05) is 0 Å². The van der Waals surface area contributed by atoms with Gasteiger partial charge in [0.1, 0.15) is 12.4 Å². The van der Waals surface area contributed by atoms with Crippen LogP contribution in [0, 0.1) is 0 Å². The van der Waals surface area contributed by atoms with E-state index in [2.05, 4.69) is 0 Å². The van der Waals surface area contributed by atoms with E-state index in [4.69, 9.17) is 14.2 Å². The summed E-state index contributed by atoms with van der Waals surface area (Å²) in [4.78, 5) is 52.4. The standard InChI is InChI=1S/C19H18N2O7/c1-26-18(24)14-8-28-9-20(15(14)19(25)27-2)11-5-6-12-13(7-11)17(23)21(16(12)22)10-3-4-10/h5-7,10H,3-4,8-9H2,1-2H3. The summed E-state index contributed by atoms with van der Waals surface area (Å²) in [7, 11) is 2.41. The number of hydrogen-bond acceptors (Lipinski definition) is 8. The van der Waals surface area contributed by atoms with Gasteiger partial charge in [-0.3, -0.25) is 14.5 Å². The van der Waals surface area contributed by atoms with Crippen molar-refractivity contribution in [2.45, 2.75) is 18.9 Å². The molecule has 0 saturated heterocycles. The van der Waals surface area contributed by atoms with Crippen molar-refractivity contribution in [2.75, 3.05) is 32.5 Å². The Kier molecular flexibility index (Phi) is 4.38. The van der Waals surface area contributed by atoms with Crippen molar-refractivity contribution in [3.63, 3.8) is 0 Å². The van der Waals surface area contributed by atoms with E-state index >= 15 is 0 Å². The van der Waals surface area contributed by atoms with Gasteiger partial charge >= 0.3 is 11.9 Å². The molecule has 2 amide bonds. The van der Waals surface area contributed by atoms with E-state index < -0.39 is 11.9 Å². The Morgan fingerprint density at radius 2 is 1.71 bits per heavy atom. The molecule has 1 aromatic rings. The SMILES string of the molecule is COC(=O)C1=C(C(=O)OC)N(c2ccc3c(c2)C(=O)N(C2CC2)C3=O)COC1. The second-order valence-electron chi connectivity index (χ2n) is 6.66. The molecule has 1 saturated carbocycles. The molecule has 0 spiro atoms. The van der Waals surface area contributed by atoms with Crippen molar-refractivity contribution in [3.05, 3.63) is 40.6 Å². The van der Waals surface area contributed by atoms with Crippen molar-refractivity contribution >= 4 is 29.4 Å². The molecule has 4 rings (SSSR count). The first-order valence-corrected chi connectivity index (χ1v) is 8.75. The second-order valence-corrected chi connectivity index (χ2v) is 6.66. The summed E-state index contributed by atoms with van der Waals surface area (Å²) in [6.07, 6.45) is 1.63. The van der Waals surface area contributed by atoms with E-state index in [0.717, 1.165) is 12.8 Å². The molecule has 28 heavy (non-hydrogen) atoms. The third-order valence-corrected chi connectivity index (χ3v) is 4.96. The van der Waals surface area contributed by atoms with Gasteiger partial charge < -0.3 is 19.1 Å². The maximum Gasteiger partial charge on any atom is 0.355 e. The van der Waals surface area contributed by atoms with Gasteiger partial charge in [-0.05, 0) is 31.0 Å². The zero-order valence-corrected chi connectivity index (χ0v) is 15.4. The molecule has 0 unspecified atom stereocenters. The molecule has 0 atom stereocenters. The molecule has 0 radical (unpaired) electrons. The highest BCUT2D eigenvalue weighted by molar-refractivity contribution is 6.22. The predicted molar refractivity (Wildman–Crippen MR) is 94.3 cm³/mol. The van der Waals surface area contributed by atoms with Crippen molar-refractivity contribution in [1.29, 1.82) is 0 Å². The fourth-order valence-corrected chi connectivity index (χ4v) is 3.43. The van der Waals surface area contributed by atoms with E-state index in [1.165, 1.54) is 30.1 Å². The number of amides is 2. The molecule has 146 valence electrons. The summed E-state index contributed by atoms with van der Waals surface area (Å²) in [6, 6.07) is 4.65. The lowest BCUT2D eigenvalue weighted by molar-refractivity contribution is -0.140. The summed E-state index contributed by atoms with van der Waals surface area (Å²) >= 11 is 0. The van der Waals surface area contributed by atoms with Crippen LogP contribution in [0.4, 0.5) is 5.69 Å². The first-order valence-electron chi connectivity index (χ1n) is 8.75. The highest BCUT2D eigenvalue weighted by Gasteiger charge is 2.44. The number of nitrogens with zero attached hydrogens (tertiary/aromatic N) is 2. The van der Waals surface area contributed by atoms with Crippen molar-refractivity contribution < 1.29 is 33.4 Å². The number of ether oxygens (including phenoxy) is 3. The number of fused-ring (bicyclic) bond motifs is 1. The maximum absolute atomic E-state index is 12.7. The van der Waals surface area contributed by atoms with Crippen molar-refractivity contribution in [2.24, 2.45) is 0 Å². The molecule has 0 N–H and O–H groups in total. The molecule has 3 aliphatic rings. The molecular weight excluding hydrogens is 368 g/mol. The van der Waals surface area contributed by atoms with E-state index in [9.17, 15) is 19.2 Å². The van der Waals surface area contributed by atoms with Gasteiger partial charge in [0, 0.05) is 11.7 Å². The minimum Gasteiger partial charge on any atom is -0.466 e. The maximum atomic E-state index is 12.7. The fraction of sp³-hybridized carbons (Fsp3) is 0.368. The zero-order chi connectivity index (χ0) is 20.0. The number of methoxy groups -OCH3 is 2. The van der Waals surface area contributed by atoms with Gasteiger partial charge in [-0.2, -0.15) is 0 Å². The molecule has 0 bridgehead atoms. The number of imide groups is 1. The van der Waals surface area contributed by atoms with E-state index in [0.29, 0.717) is 11.3 Å². The van der Waals surface area contributed by atoms with Crippen LogP contribution in [0.15, 0.2) is 29.5 Å². The molecule has 9 nitrogen and oxygen atoms in total. The third kappa shape index (κ3) is 2.75. The Bertz CT molecular complexity index is 932. The topological polar surface area (TPSA) is 102 Å². The lowest BCUT2D eigenvalue weighted by Gasteiger charge is -2.31. The fourth-order valence-electron chi connectivity index (χ4n) is 3.43. The van der Waals surface area contributed by atoms with Gasteiger partial charge in [-0.15, -0.1) is 0 Å². The van der Waals surface area contributed by atoms with Crippen LogP contribution in [0.25, 0.3) is 0 Å². The predicted octanol–water partition coefficient (Wildman–Crippen LogP) is 0.839. The van der Waals surface area contributed by atoms with Crippen LogP contribution in [0.3, 0.4) is 0 Å². The Hall–Kier alpha value is -3.20. The third-order valence-electron chi connectivity index (χ3n) is 4.96. The Labute approximate surface area is 160 Å². The van der Waals surface area contributed by atoms with Crippen LogP contribution >= 0.6 is 0 Å². The Morgan fingerprint density at radius 1 is 1.04 bits per heavy atom. The van der Waals surface area contributed by atoms with Crippen LogP contribution < -0.4 is 4.90 Å². The highest BCUT2D eigenvalue weighted by atomic mass is 16.5. The van der Waals surface area contributed by atoms with E-state index in [1.54, 1.807) is 12.1 Å². The molecular formula is C19H18N2O7. The quantitative estimate of drug-likeness (QED) is 0.554. The summed E-state index contributed by atoms with van der Waals surface area (Å²) in [5.74, 6) is -2.09. The molecule has 9 heteroatoms. The average Bonchev–Trinajstić information content (AvgIpc) is 3.52. The first-order chi connectivity index (χ1) is 13.5. The minimum absolute atomic E-state index is 0.0168. The lowest BCUT2D eigenvalue weighted by atomic mass is 10.1. The Balaban J connectivity index is 1.77. The number of carbonyl (C=O) groups excluding carboxylic acids is 4. The van der Waals surface area contributed by atoms with Gasteiger partial charge in [0.05, 0.1) is 37.5 Å². The van der Waals surface area contributed by atoms with Crippen LogP contribution in [0.1, 0.15) is 33.6 Å². The zero-order valence-electron chi connectivity index (χ0n) is 15.4. The smallest absolute Gasteiger partial charge is 0.355 e.